The molecule has 21 heavy (non-hydrogen) atoms. The number of likely N-dealkylation sites (N-methyl/N-ethyl adjacent to an activating group) is 1. The molecule has 5 nitrogen and oxygen atoms in total. The molecular weight excluding hydrogens is 286 g/mol. The Morgan fingerprint density at radius 3 is 2.67 bits per heavy atom. The van der Waals surface area contributed by atoms with Gasteiger partial charge in [0.1, 0.15) is 5.75 Å². The van der Waals surface area contributed by atoms with Gasteiger partial charge in [0.05, 0.1) is 17.6 Å². The average Bonchev–Trinajstić information content (AvgIpc) is 2.85. The number of phenols is 1. The molecule has 2 rings (SSSR count). The van der Waals surface area contributed by atoms with E-state index in [1.165, 1.54) is 0 Å². The van der Waals surface area contributed by atoms with Crippen molar-refractivity contribution in [2.75, 3.05) is 7.05 Å². The number of aromatic hydroxyl groups is 1. The molecular formula is C15H19N3O2S. The van der Waals surface area contributed by atoms with Gasteiger partial charge in [0, 0.05) is 18.1 Å². The molecule has 1 aromatic carbocycles. The first-order chi connectivity index (χ1) is 9.95. The number of aryl methyl sites for hydroxylation is 1. The molecule has 0 spiro atoms. The lowest BCUT2D eigenvalue weighted by atomic mass is 10.1. The summed E-state index contributed by atoms with van der Waals surface area (Å²) >= 11 is 1.58. The van der Waals surface area contributed by atoms with Gasteiger partial charge in [0.2, 0.25) is 5.91 Å². The zero-order valence-electron chi connectivity index (χ0n) is 12.1. The number of hydrogen-bond donors (Lipinski definition) is 2. The Bertz CT molecular complexity index is 610. The van der Waals surface area contributed by atoms with E-state index in [0.717, 1.165) is 15.4 Å². The second-order valence-corrected chi connectivity index (χ2v) is 6.34. The van der Waals surface area contributed by atoms with Gasteiger partial charge in [-0.3, -0.25) is 4.79 Å². The quantitative estimate of drug-likeness (QED) is 0.881. The molecule has 0 fully saturated rings. The van der Waals surface area contributed by atoms with Crippen molar-refractivity contribution in [2.45, 2.75) is 25.9 Å². The van der Waals surface area contributed by atoms with Crippen LogP contribution < -0.4 is 5.73 Å². The molecule has 0 unspecified atom stereocenters. The standard InChI is InChI=1S/C15H19N3O2S/c1-10-17-8-13(21-10)9-18(2)15(20)14(16)7-11-3-5-12(19)6-4-11/h3-6,8,14,19H,7,9,16H2,1-2H3/t14-/m0/s1. The van der Waals surface area contributed by atoms with Crippen LogP contribution in [0.3, 0.4) is 0 Å². The topological polar surface area (TPSA) is 79.5 Å². The summed E-state index contributed by atoms with van der Waals surface area (Å²) in [4.78, 5) is 19.1. The maximum Gasteiger partial charge on any atom is 0.239 e. The van der Waals surface area contributed by atoms with Crippen LogP contribution in [0.1, 0.15) is 15.4 Å². The molecule has 0 saturated heterocycles. The van der Waals surface area contributed by atoms with Crippen molar-refractivity contribution >= 4 is 17.2 Å². The van der Waals surface area contributed by atoms with E-state index in [1.807, 2.05) is 6.92 Å². The summed E-state index contributed by atoms with van der Waals surface area (Å²) in [5.41, 5.74) is 6.91. The van der Waals surface area contributed by atoms with E-state index in [2.05, 4.69) is 4.98 Å². The van der Waals surface area contributed by atoms with E-state index in [4.69, 9.17) is 5.73 Å². The summed E-state index contributed by atoms with van der Waals surface area (Å²) in [7, 11) is 1.74. The van der Waals surface area contributed by atoms with Gasteiger partial charge < -0.3 is 15.7 Å². The first-order valence-electron chi connectivity index (χ1n) is 6.65. The Kier molecular flexibility index (Phi) is 4.93. The van der Waals surface area contributed by atoms with Crippen molar-refractivity contribution in [2.24, 2.45) is 5.73 Å². The third kappa shape index (κ3) is 4.27. The molecule has 0 aliphatic carbocycles. The van der Waals surface area contributed by atoms with Gasteiger partial charge in [0.25, 0.3) is 0 Å². The summed E-state index contributed by atoms with van der Waals surface area (Å²) in [6.07, 6.45) is 2.24. The molecule has 1 heterocycles. The van der Waals surface area contributed by atoms with Crippen LogP contribution in [-0.4, -0.2) is 34.0 Å². The van der Waals surface area contributed by atoms with Crippen molar-refractivity contribution in [3.8, 4) is 5.75 Å². The first kappa shape index (κ1) is 15.5. The first-order valence-corrected chi connectivity index (χ1v) is 7.47. The van der Waals surface area contributed by atoms with Gasteiger partial charge in [-0.1, -0.05) is 12.1 Å². The molecule has 3 N–H and O–H groups in total. The van der Waals surface area contributed by atoms with Gasteiger partial charge in [-0.2, -0.15) is 0 Å². The molecule has 0 aliphatic heterocycles. The van der Waals surface area contributed by atoms with Crippen LogP contribution in [0.25, 0.3) is 0 Å². The average molecular weight is 305 g/mol. The fourth-order valence-electron chi connectivity index (χ4n) is 2.05. The number of thiazole rings is 1. The van der Waals surface area contributed by atoms with E-state index in [9.17, 15) is 9.90 Å². The van der Waals surface area contributed by atoms with Crippen LogP contribution in [0.15, 0.2) is 30.5 Å². The number of hydrogen-bond acceptors (Lipinski definition) is 5. The van der Waals surface area contributed by atoms with Crippen molar-refractivity contribution in [1.29, 1.82) is 0 Å². The smallest absolute Gasteiger partial charge is 0.239 e. The monoisotopic (exact) mass is 305 g/mol. The molecule has 6 heteroatoms. The predicted molar refractivity (Wildman–Crippen MR) is 83.1 cm³/mol. The fraction of sp³-hybridized carbons (Fsp3) is 0.333. The highest BCUT2D eigenvalue weighted by atomic mass is 32.1. The number of nitrogens with two attached hydrogens (primary N) is 1. The third-order valence-corrected chi connectivity index (χ3v) is 4.05. The summed E-state index contributed by atoms with van der Waals surface area (Å²) in [6.45, 7) is 2.46. The minimum absolute atomic E-state index is 0.103. The van der Waals surface area contributed by atoms with Gasteiger partial charge in [-0.15, -0.1) is 11.3 Å². The van der Waals surface area contributed by atoms with Gasteiger partial charge in [-0.05, 0) is 31.0 Å². The van der Waals surface area contributed by atoms with Crippen LogP contribution in [0.5, 0.6) is 5.75 Å². The van der Waals surface area contributed by atoms with Crippen molar-refractivity contribution in [1.82, 2.24) is 9.88 Å². The summed E-state index contributed by atoms with van der Waals surface area (Å²) in [5.74, 6) is 0.102. The second-order valence-electron chi connectivity index (χ2n) is 5.02. The number of aromatic nitrogens is 1. The molecule has 2 aromatic rings. The van der Waals surface area contributed by atoms with E-state index in [1.54, 1.807) is 53.7 Å². The third-order valence-electron chi connectivity index (χ3n) is 3.15. The highest BCUT2D eigenvalue weighted by molar-refractivity contribution is 7.11. The number of rotatable bonds is 5. The number of carbonyl (C=O) groups excluding carboxylic acids is 1. The van der Waals surface area contributed by atoms with Crippen LogP contribution in [0, 0.1) is 6.92 Å². The van der Waals surface area contributed by atoms with E-state index in [-0.39, 0.29) is 11.7 Å². The second kappa shape index (κ2) is 6.69. The Morgan fingerprint density at radius 2 is 2.10 bits per heavy atom. The van der Waals surface area contributed by atoms with Gasteiger partial charge >= 0.3 is 0 Å². The predicted octanol–water partition coefficient (Wildman–Crippen LogP) is 1.69. The van der Waals surface area contributed by atoms with Crippen LogP contribution in [-0.2, 0) is 17.8 Å². The summed E-state index contributed by atoms with van der Waals surface area (Å²) in [5, 5.41) is 10.2. The number of phenolic OH excluding ortho intramolecular Hbond substituents is 1. The van der Waals surface area contributed by atoms with E-state index < -0.39 is 6.04 Å². The van der Waals surface area contributed by atoms with Crippen molar-refractivity contribution in [3.05, 3.63) is 45.9 Å². The molecule has 1 aromatic heterocycles. The molecule has 1 amide bonds. The lowest BCUT2D eigenvalue weighted by Gasteiger charge is -2.20. The summed E-state index contributed by atoms with van der Waals surface area (Å²) in [6, 6.07) is 6.14. The number of amides is 1. The van der Waals surface area contributed by atoms with Crippen molar-refractivity contribution < 1.29 is 9.90 Å². The van der Waals surface area contributed by atoms with Crippen molar-refractivity contribution in [3.63, 3.8) is 0 Å². The molecule has 0 radical (unpaired) electrons. The van der Waals surface area contributed by atoms with Crippen LogP contribution in [0.4, 0.5) is 0 Å². The normalized spacial score (nSPS) is 12.1. The molecule has 0 saturated carbocycles. The van der Waals surface area contributed by atoms with Crippen LogP contribution >= 0.6 is 11.3 Å². The highest BCUT2D eigenvalue weighted by Gasteiger charge is 2.19. The molecule has 0 aliphatic rings. The summed E-state index contributed by atoms with van der Waals surface area (Å²) < 4.78 is 0. The molecule has 0 bridgehead atoms. The SMILES string of the molecule is Cc1ncc(CN(C)C(=O)[C@@H](N)Cc2ccc(O)cc2)s1. The molecule has 1 atom stereocenters. The van der Waals surface area contributed by atoms with Gasteiger partial charge in [-0.25, -0.2) is 4.98 Å². The van der Waals surface area contributed by atoms with E-state index in [0.29, 0.717) is 13.0 Å². The van der Waals surface area contributed by atoms with Gasteiger partial charge in [0.15, 0.2) is 0 Å². The Morgan fingerprint density at radius 1 is 1.43 bits per heavy atom. The largest absolute Gasteiger partial charge is 0.508 e. The lowest BCUT2D eigenvalue weighted by Crippen LogP contribution is -2.42. The highest BCUT2D eigenvalue weighted by Crippen LogP contribution is 2.15. The Labute approximate surface area is 128 Å². The number of carbonyl (C=O) groups is 1. The zero-order valence-corrected chi connectivity index (χ0v) is 12.9. The number of nitrogens with zero attached hydrogens (tertiary/aromatic N) is 2. The maximum atomic E-state index is 12.3. The molecule has 112 valence electrons. The number of benzene rings is 1. The Hall–Kier alpha value is -1.92. The van der Waals surface area contributed by atoms with E-state index >= 15 is 0 Å². The minimum atomic E-state index is -0.589. The fourth-order valence-corrected chi connectivity index (χ4v) is 2.89. The Balaban J connectivity index is 1.93. The minimum Gasteiger partial charge on any atom is -0.508 e. The zero-order chi connectivity index (χ0) is 15.4. The van der Waals surface area contributed by atoms with Crippen LogP contribution in [0.2, 0.25) is 0 Å². The maximum absolute atomic E-state index is 12.3. The lowest BCUT2D eigenvalue weighted by molar-refractivity contribution is -0.131.